The van der Waals surface area contributed by atoms with E-state index in [9.17, 15) is 30.0 Å². The van der Waals surface area contributed by atoms with Gasteiger partial charge in [-0.1, -0.05) is 30.3 Å². The highest BCUT2D eigenvalue weighted by Crippen LogP contribution is 2.37. The van der Waals surface area contributed by atoms with Gasteiger partial charge in [0, 0.05) is 0 Å². The van der Waals surface area contributed by atoms with Crippen LogP contribution in [0.1, 0.15) is 18.0 Å². The SMILES string of the molecule is O=C1NC(CO)C(=O)N1[C@H]1C[C@@H](n2cnc3c(N[C@H](CO)Cc4ccccc4)nc(Cl)nc32)[C@H](O)[C@@H]1O. The van der Waals surface area contributed by atoms with Crippen LogP contribution in [0.25, 0.3) is 11.2 Å². The van der Waals surface area contributed by atoms with Gasteiger partial charge >= 0.3 is 6.03 Å². The Morgan fingerprint density at radius 2 is 1.84 bits per heavy atom. The number of urea groups is 1. The molecule has 1 aliphatic carbocycles. The number of carbonyl (C=O) groups excluding carboxylic acids is 2. The van der Waals surface area contributed by atoms with Crippen LogP contribution >= 0.6 is 11.6 Å². The molecule has 0 bridgehead atoms. The van der Waals surface area contributed by atoms with Gasteiger partial charge in [0.05, 0.1) is 37.7 Å². The van der Waals surface area contributed by atoms with E-state index in [4.69, 9.17) is 11.6 Å². The number of amides is 3. The summed E-state index contributed by atoms with van der Waals surface area (Å²) in [6, 6.07) is 5.54. The summed E-state index contributed by atoms with van der Waals surface area (Å²) in [4.78, 5) is 38.6. The normalized spacial score (nSPS) is 26.6. The summed E-state index contributed by atoms with van der Waals surface area (Å²) in [6.07, 6.45) is -0.851. The van der Waals surface area contributed by atoms with E-state index in [-0.39, 0.29) is 29.8 Å². The third kappa shape index (κ3) is 4.60. The van der Waals surface area contributed by atoms with Crippen LogP contribution in [0.5, 0.6) is 0 Å². The first kappa shape index (κ1) is 25.3. The third-order valence-electron chi connectivity index (χ3n) is 6.83. The van der Waals surface area contributed by atoms with Crippen molar-refractivity contribution in [3.63, 3.8) is 0 Å². The number of aliphatic hydroxyl groups excluding tert-OH is 4. The topological polar surface area (TPSA) is 186 Å². The fourth-order valence-electron chi connectivity index (χ4n) is 4.99. The molecule has 13 nitrogen and oxygen atoms in total. The van der Waals surface area contributed by atoms with Crippen LogP contribution in [0.3, 0.4) is 0 Å². The van der Waals surface area contributed by atoms with Gasteiger partial charge in [0.15, 0.2) is 17.0 Å². The number of aliphatic hydroxyl groups is 4. The summed E-state index contributed by atoms with van der Waals surface area (Å²) >= 11 is 6.21. The zero-order valence-electron chi connectivity index (χ0n) is 19.5. The number of aromatic nitrogens is 4. The summed E-state index contributed by atoms with van der Waals surface area (Å²) in [5, 5.41) is 46.3. The number of imide groups is 1. The highest BCUT2D eigenvalue weighted by molar-refractivity contribution is 6.28. The van der Waals surface area contributed by atoms with E-state index >= 15 is 0 Å². The Morgan fingerprint density at radius 3 is 2.51 bits per heavy atom. The van der Waals surface area contributed by atoms with Crippen molar-refractivity contribution in [2.75, 3.05) is 18.5 Å². The predicted octanol–water partition coefficient (Wildman–Crippen LogP) is -0.557. The molecule has 1 aromatic carbocycles. The maximum atomic E-state index is 12.5. The van der Waals surface area contributed by atoms with Gasteiger partial charge in [-0.15, -0.1) is 0 Å². The van der Waals surface area contributed by atoms with Crippen molar-refractivity contribution in [1.82, 2.24) is 29.7 Å². The van der Waals surface area contributed by atoms with E-state index in [0.717, 1.165) is 10.5 Å². The second-order valence-corrected chi connectivity index (χ2v) is 9.46. The van der Waals surface area contributed by atoms with Crippen molar-refractivity contribution in [2.45, 2.75) is 49.2 Å². The Balaban J connectivity index is 1.42. The van der Waals surface area contributed by atoms with Crippen LogP contribution in [0, 0.1) is 0 Å². The molecule has 1 unspecified atom stereocenters. The minimum absolute atomic E-state index is 0.0166. The molecule has 37 heavy (non-hydrogen) atoms. The maximum absolute atomic E-state index is 12.5. The third-order valence-corrected chi connectivity index (χ3v) is 6.99. The molecule has 6 N–H and O–H groups in total. The zero-order chi connectivity index (χ0) is 26.3. The quantitative estimate of drug-likeness (QED) is 0.162. The van der Waals surface area contributed by atoms with Crippen LogP contribution in [0.4, 0.5) is 10.6 Å². The van der Waals surface area contributed by atoms with Gasteiger partial charge in [0.2, 0.25) is 5.28 Å². The summed E-state index contributed by atoms with van der Waals surface area (Å²) < 4.78 is 1.52. The second-order valence-electron chi connectivity index (χ2n) is 9.12. The molecule has 6 atom stereocenters. The molecule has 3 amide bonds. The molecule has 0 spiro atoms. The van der Waals surface area contributed by atoms with Gasteiger partial charge in [0.25, 0.3) is 5.91 Å². The molecule has 2 fully saturated rings. The number of nitrogens with zero attached hydrogens (tertiary/aromatic N) is 5. The van der Waals surface area contributed by atoms with Crippen LogP contribution in [0.15, 0.2) is 36.7 Å². The lowest BCUT2D eigenvalue weighted by atomic mass is 10.1. The van der Waals surface area contributed by atoms with Gasteiger partial charge in [-0.2, -0.15) is 9.97 Å². The van der Waals surface area contributed by atoms with Crippen LogP contribution in [-0.2, 0) is 11.2 Å². The van der Waals surface area contributed by atoms with Gasteiger partial charge in [-0.25, -0.2) is 9.78 Å². The molecule has 2 aliphatic rings. The Morgan fingerprint density at radius 1 is 1.11 bits per heavy atom. The lowest BCUT2D eigenvalue weighted by molar-refractivity contribution is -0.131. The largest absolute Gasteiger partial charge is 0.394 e. The summed E-state index contributed by atoms with van der Waals surface area (Å²) in [7, 11) is 0. The van der Waals surface area contributed by atoms with Crippen molar-refractivity contribution >= 4 is 40.5 Å². The molecule has 3 aromatic rings. The Hall–Kier alpha value is -3.36. The predicted molar refractivity (Wildman–Crippen MR) is 131 cm³/mol. The molecule has 1 saturated carbocycles. The zero-order valence-corrected chi connectivity index (χ0v) is 20.2. The molecular formula is C23H26ClN7O6. The number of hydrogen-bond donors (Lipinski definition) is 6. The second kappa shape index (κ2) is 10.2. The fraction of sp³-hybridized carbons (Fsp3) is 0.435. The average molecular weight is 532 g/mol. The molecule has 3 heterocycles. The molecule has 0 radical (unpaired) electrons. The van der Waals surface area contributed by atoms with E-state index in [0.29, 0.717) is 11.9 Å². The van der Waals surface area contributed by atoms with Gasteiger partial charge in [-0.3, -0.25) is 9.69 Å². The molecular weight excluding hydrogens is 506 g/mol. The molecule has 196 valence electrons. The molecule has 14 heteroatoms. The number of rotatable bonds is 8. The number of imidazole rings is 1. The van der Waals surface area contributed by atoms with Gasteiger partial charge < -0.3 is 35.6 Å². The number of carbonyl (C=O) groups is 2. The van der Waals surface area contributed by atoms with E-state index in [2.05, 4.69) is 25.6 Å². The first-order chi connectivity index (χ1) is 17.8. The number of benzene rings is 1. The minimum Gasteiger partial charge on any atom is -0.394 e. The first-order valence-electron chi connectivity index (χ1n) is 11.7. The number of fused-ring (bicyclic) bond motifs is 1. The highest BCUT2D eigenvalue weighted by atomic mass is 35.5. The standard InChI is InChI=1S/C23H26ClN7O6/c24-22-28-19(26-12(8-32)6-11-4-2-1-3-5-11)16-20(29-22)30(10-25-16)14-7-15(18(35)17(14)34)31-21(36)13(9-33)27-23(31)37/h1-5,10,12-15,17-18,32-35H,6-9H2,(H,27,37)(H,26,28,29)/t12-,13?,14+,15-,17-,18+/m0/s1. The van der Waals surface area contributed by atoms with E-state index in [1.807, 2.05) is 30.3 Å². The lowest BCUT2D eigenvalue weighted by Gasteiger charge is -2.24. The van der Waals surface area contributed by atoms with Gasteiger partial charge in [-0.05, 0) is 30.0 Å². The van der Waals surface area contributed by atoms with Crippen LogP contribution in [0.2, 0.25) is 5.28 Å². The van der Waals surface area contributed by atoms with Crippen molar-refractivity contribution in [3.05, 3.63) is 47.5 Å². The number of hydrogen-bond acceptors (Lipinski definition) is 10. The number of halogens is 1. The van der Waals surface area contributed by atoms with Gasteiger partial charge in [0.1, 0.15) is 18.2 Å². The van der Waals surface area contributed by atoms with E-state index in [1.165, 1.54) is 10.9 Å². The van der Waals surface area contributed by atoms with Crippen LogP contribution in [-0.4, -0.2) is 100 Å². The monoisotopic (exact) mass is 531 g/mol. The molecule has 2 aromatic heterocycles. The highest BCUT2D eigenvalue weighted by Gasteiger charge is 2.52. The van der Waals surface area contributed by atoms with E-state index < -0.39 is 54.9 Å². The van der Waals surface area contributed by atoms with E-state index in [1.54, 1.807) is 0 Å². The Kier molecular flexibility index (Phi) is 6.96. The molecule has 5 rings (SSSR count). The smallest absolute Gasteiger partial charge is 0.325 e. The van der Waals surface area contributed by atoms with Crippen LogP contribution < -0.4 is 10.6 Å². The average Bonchev–Trinajstić information content (AvgIpc) is 3.52. The lowest BCUT2D eigenvalue weighted by Crippen LogP contribution is -2.47. The molecule has 1 aliphatic heterocycles. The summed E-state index contributed by atoms with van der Waals surface area (Å²) in [5.74, 6) is -0.390. The summed E-state index contributed by atoms with van der Waals surface area (Å²) in [6.45, 7) is -0.763. The van der Waals surface area contributed by atoms with Crippen molar-refractivity contribution in [3.8, 4) is 0 Å². The first-order valence-corrected chi connectivity index (χ1v) is 12.1. The maximum Gasteiger partial charge on any atom is 0.325 e. The minimum atomic E-state index is -1.44. The molecule has 1 saturated heterocycles. The number of anilines is 1. The van der Waals surface area contributed by atoms with Crippen molar-refractivity contribution in [1.29, 1.82) is 0 Å². The number of nitrogens with one attached hydrogen (secondary N) is 2. The van der Waals surface area contributed by atoms with Crippen molar-refractivity contribution in [2.24, 2.45) is 0 Å². The summed E-state index contributed by atoms with van der Waals surface area (Å²) in [5.41, 5.74) is 1.60. The Bertz CT molecular complexity index is 1310. The Labute approximate surface area is 215 Å². The fourth-order valence-corrected chi connectivity index (χ4v) is 5.15. The van der Waals surface area contributed by atoms with Crippen molar-refractivity contribution < 1.29 is 30.0 Å².